The molecule has 1 heterocycles. The highest BCUT2D eigenvalue weighted by Crippen LogP contribution is 2.39. The molecule has 0 spiro atoms. The number of nitrogens with zero attached hydrogens (tertiary/aromatic N) is 2. The minimum absolute atomic E-state index is 0.00131. The second-order valence-corrected chi connectivity index (χ2v) is 4.39. The van der Waals surface area contributed by atoms with Gasteiger partial charge in [0.1, 0.15) is 5.75 Å². The summed E-state index contributed by atoms with van der Waals surface area (Å²) in [7, 11) is 1.65. The summed E-state index contributed by atoms with van der Waals surface area (Å²) < 4.78 is 5.69. The van der Waals surface area contributed by atoms with Crippen LogP contribution in [0.3, 0.4) is 0 Å². The molecule has 0 fully saturated rings. The number of fused-ring (bicyclic) bond motifs is 2. The van der Waals surface area contributed by atoms with Crippen molar-refractivity contribution in [3.8, 4) is 11.5 Å². The van der Waals surface area contributed by atoms with Crippen molar-refractivity contribution in [3.05, 3.63) is 53.2 Å². The van der Waals surface area contributed by atoms with E-state index in [-0.39, 0.29) is 22.6 Å². The number of ether oxygens (including phenoxy) is 1. The summed E-state index contributed by atoms with van der Waals surface area (Å²) in [6, 6.07) is 11.2. The molecule has 0 bridgehead atoms. The molecule has 3 rings (SSSR count). The zero-order valence-electron chi connectivity index (χ0n) is 10.6. The second kappa shape index (κ2) is 4.52. The Hall–Kier alpha value is -2.57. The molecule has 0 aliphatic carbocycles. The van der Waals surface area contributed by atoms with Crippen molar-refractivity contribution in [2.24, 2.45) is 0 Å². The van der Waals surface area contributed by atoms with Crippen LogP contribution in [0.15, 0.2) is 42.5 Å². The zero-order chi connectivity index (χ0) is 14.3. The van der Waals surface area contributed by atoms with Crippen molar-refractivity contribution in [3.63, 3.8) is 0 Å². The second-order valence-electron chi connectivity index (χ2n) is 4.39. The number of hydrogen-bond acceptors (Lipinski definition) is 5. The van der Waals surface area contributed by atoms with Crippen LogP contribution < -0.4 is 14.9 Å². The van der Waals surface area contributed by atoms with Crippen LogP contribution in [0, 0.1) is 5.21 Å². The summed E-state index contributed by atoms with van der Waals surface area (Å²) in [5, 5.41) is 19.6. The number of anilines is 2. The Morgan fingerprint density at radius 1 is 1.20 bits per heavy atom. The quantitative estimate of drug-likeness (QED) is 0.807. The van der Waals surface area contributed by atoms with E-state index in [1.807, 2.05) is 0 Å². The molecule has 0 saturated carbocycles. The Morgan fingerprint density at radius 2 is 1.95 bits per heavy atom. The topological polar surface area (TPSA) is 76.1 Å². The van der Waals surface area contributed by atoms with Crippen molar-refractivity contribution in [2.45, 2.75) is 0 Å². The lowest BCUT2D eigenvalue weighted by atomic mass is 10.1. The van der Waals surface area contributed by atoms with E-state index in [1.165, 1.54) is 23.1 Å². The van der Waals surface area contributed by atoms with E-state index in [1.54, 1.807) is 31.3 Å². The number of para-hydroxylation sites is 2. The highest BCUT2D eigenvalue weighted by molar-refractivity contribution is 6.09. The van der Waals surface area contributed by atoms with E-state index in [0.29, 0.717) is 17.0 Å². The predicted octanol–water partition coefficient (Wildman–Crippen LogP) is 2.76. The molecular formula is C14H11N2O4-. The van der Waals surface area contributed by atoms with E-state index in [2.05, 4.69) is 0 Å². The zero-order valence-corrected chi connectivity index (χ0v) is 10.6. The molecule has 1 N–H and O–H groups in total. The van der Waals surface area contributed by atoms with Gasteiger partial charge in [-0.15, -0.1) is 0 Å². The lowest BCUT2D eigenvalue weighted by Crippen LogP contribution is -2.25. The number of rotatable bonds is 1. The lowest BCUT2D eigenvalue weighted by molar-refractivity contribution is 0.0993. The molecule has 0 atom stereocenters. The molecule has 6 heteroatoms. The molecule has 6 nitrogen and oxygen atoms in total. The molecule has 102 valence electrons. The van der Waals surface area contributed by atoms with E-state index >= 15 is 0 Å². The van der Waals surface area contributed by atoms with Crippen LogP contribution in [0.2, 0.25) is 0 Å². The van der Waals surface area contributed by atoms with E-state index in [0.717, 1.165) is 0 Å². The van der Waals surface area contributed by atoms with E-state index in [4.69, 9.17) is 9.94 Å². The molecule has 20 heavy (non-hydrogen) atoms. The average molecular weight is 271 g/mol. The van der Waals surface area contributed by atoms with Crippen molar-refractivity contribution in [1.82, 2.24) is 0 Å². The maximum atomic E-state index is 12.4. The molecule has 1 amide bonds. The minimum Gasteiger partial charge on any atom is -0.733 e. The van der Waals surface area contributed by atoms with Gasteiger partial charge in [0.25, 0.3) is 5.91 Å². The summed E-state index contributed by atoms with van der Waals surface area (Å²) in [5.74, 6) is 0.501. The SMILES string of the molecule is CN1C(=O)c2ccc(N([O-])O)cc2Oc2ccccc21. The lowest BCUT2D eigenvalue weighted by Gasteiger charge is -2.22. The van der Waals surface area contributed by atoms with Gasteiger partial charge in [0.15, 0.2) is 5.75 Å². The Balaban J connectivity index is 2.18. The van der Waals surface area contributed by atoms with Gasteiger partial charge in [-0.05, 0) is 24.3 Å². The van der Waals surface area contributed by atoms with E-state index in [9.17, 15) is 10.0 Å². The molecule has 0 aromatic heterocycles. The first-order valence-electron chi connectivity index (χ1n) is 5.93. The van der Waals surface area contributed by atoms with Gasteiger partial charge in [-0.3, -0.25) is 10.0 Å². The van der Waals surface area contributed by atoms with Crippen LogP contribution >= 0.6 is 0 Å². The fraction of sp³-hybridized carbons (Fsp3) is 0.0714. The Labute approximate surface area is 115 Å². The Bertz CT molecular complexity index is 685. The maximum absolute atomic E-state index is 12.4. The third-order valence-electron chi connectivity index (χ3n) is 3.17. The van der Waals surface area contributed by atoms with Gasteiger partial charge in [-0.1, -0.05) is 12.1 Å². The fourth-order valence-corrected chi connectivity index (χ4v) is 2.12. The number of hydrogen-bond donors (Lipinski definition) is 1. The number of amides is 1. The molecule has 1 aliphatic rings. The Kier molecular flexibility index (Phi) is 2.81. The molecule has 2 aromatic rings. The third kappa shape index (κ3) is 1.87. The maximum Gasteiger partial charge on any atom is 0.261 e. The van der Waals surface area contributed by atoms with Crippen LogP contribution in [-0.2, 0) is 0 Å². The van der Waals surface area contributed by atoms with Gasteiger partial charge in [0.05, 0.1) is 16.9 Å². The van der Waals surface area contributed by atoms with Crippen molar-refractivity contribution < 1.29 is 14.7 Å². The largest absolute Gasteiger partial charge is 0.733 e. The summed E-state index contributed by atoms with van der Waals surface area (Å²) >= 11 is 0. The van der Waals surface area contributed by atoms with Gasteiger partial charge >= 0.3 is 0 Å². The fourth-order valence-electron chi connectivity index (χ4n) is 2.12. The first-order chi connectivity index (χ1) is 9.58. The van der Waals surface area contributed by atoms with Crippen LogP contribution in [-0.4, -0.2) is 18.2 Å². The highest BCUT2D eigenvalue weighted by atomic mass is 16.8. The monoisotopic (exact) mass is 271 g/mol. The van der Waals surface area contributed by atoms with Gasteiger partial charge in [0, 0.05) is 13.1 Å². The van der Waals surface area contributed by atoms with Crippen molar-refractivity contribution >= 4 is 17.3 Å². The van der Waals surface area contributed by atoms with Gasteiger partial charge < -0.3 is 20.1 Å². The van der Waals surface area contributed by atoms with Gasteiger partial charge in [0.2, 0.25) is 0 Å². The number of benzene rings is 2. The third-order valence-corrected chi connectivity index (χ3v) is 3.17. The van der Waals surface area contributed by atoms with Gasteiger partial charge in [-0.2, -0.15) is 0 Å². The van der Waals surface area contributed by atoms with Crippen molar-refractivity contribution in [1.29, 1.82) is 0 Å². The smallest absolute Gasteiger partial charge is 0.261 e. The minimum atomic E-state index is -0.269. The standard InChI is InChI=1S/C14H11N2O4/c1-15-11-4-2-3-5-12(11)20-13-8-9(16(18)19)6-7-10(13)14(15)17/h2-8,18H,1H3/q-1. The number of carbonyl (C=O) groups excluding carboxylic acids is 1. The molecule has 0 radical (unpaired) electrons. The summed E-state index contributed by atoms with van der Waals surface area (Å²) in [6.07, 6.45) is 0. The normalized spacial score (nSPS) is 13.2. The first kappa shape index (κ1) is 12.5. The van der Waals surface area contributed by atoms with E-state index < -0.39 is 0 Å². The summed E-state index contributed by atoms with van der Waals surface area (Å²) in [5.41, 5.74) is 0.964. The highest BCUT2D eigenvalue weighted by Gasteiger charge is 2.25. The molecule has 0 saturated heterocycles. The molecule has 1 aliphatic heterocycles. The summed E-state index contributed by atoms with van der Waals surface area (Å²) in [6.45, 7) is 0. The van der Waals surface area contributed by atoms with Crippen LogP contribution in [0.5, 0.6) is 11.5 Å². The van der Waals surface area contributed by atoms with Crippen LogP contribution in [0.25, 0.3) is 0 Å². The number of carbonyl (C=O) groups is 1. The van der Waals surface area contributed by atoms with Gasteiger partial charge in [-0.25, -0.2) is 0 Å². The van der Waals surface area contributed by atoms with Crippen molar-refractivity contribution in [2.75, 3.05) is 17.2 Å². The molecular weight excluding hydrogens is 260 g/mol. The first-order valence-corrected chi connectivity index (χ1v) is 5.93. The Morgan fingerprint density at radius 3 is 2.70 bits per heavy atom. The predicted molar refractivity (Wildman–Crippen MR) is 73.3 cm³/mol. The molecule has 2 aromatic carbocycles. The van der Waals surface area contributed by atoms with Crippen LogP contribution in [0.1, 0.15) is 10.4 Å². The molecule has 0 unspecified atom stereocenters. The van der Waals surface area contributed by atoms with Crippen LogP contribution in [0.4, 0.5) is 11.4 Å². The summed E-state index contributed by atoms with van der Waals surface area (Å²) in [4.78, 5) is 13.9. The average Bonchev–Trinajstić information content (AvgIpc) is 2.55.